The molecule has 0 bridgehead atoms. The van der Waals surface area contributed by atoms with Crippen molar-refractivity contribution in [1.82, 2.24) is 9.97 Å². The zero-order valence-corrected chi connectivity index (χ0v) is 10.8. The minimum atomic E-state index is -0.572. The smallest absolute Gasteiger partial charge is 0.236 e. The Labute approximate surface area is 113 Å². The first-order chi connectivity index (χ1) is 8.54. The molecule has 94 valence electrons. The van der Waals surface area contributed by atoms with Crippen LogP contribution in [0.2, 0.25) is 10.0 Å². The molecular weight excluding hydrogens is 280 g/mol. The first-order valence-electron chi connectivity index (χ1n) is 4.84. The topological polar surface area (TPSA) is 61.0 Å². The molecule has 0 aliphatic carbocycles. The maximum Gasteiger partial charge on any atom is 0.236 e. The monoisotopic (exact) mass is 287 g/mol. The molecule has 0 amide bonds. The van der Waals surface area contributed by atoms with Crippen LogP contribution in [-0.2, 0) is 0 Å². The van der Waals surface area contributed by atoms with Crippen LogP contribution in [0.25, 0.3) is 11.3 Å². The molecule has 18 heavy (non-hydrogen) atoms. The van der Waals surface area contributed by atoms with Gasteiger partial charge in [0.15, 0.2) is 0 Å². The van der Waals surface area contributed by atoms with Gasteiger partial charge in [-0.3, -0.25) is 0 Å². The van der Waals surface area contributed by atoms with Gasteiger partial charge in [0.2, 0.25) is 5.88 Å². The molecule has 1 aromatic heterocycles. The quantitative estimate of drug-likeness (QED) is 0.862. The van der Waals surface area contributed by atoms with Crippen LogP contribution in [0, 0.1) is 5.82 Å². The summed E-state index contributed by atoms with van der Waals surface area (Å²) >= 11 is 11.7. The van der Waals surface area contributed by atoms with E-state index in [-0.39, 0.29) is 32.9 Å². The number of nitrogens with zero attached hydrogens (tertiary/aromatic N) is 2. The van der Waals surface area contributed by atoms with Gasteiger partial charge in [0.05, 0.1) is 23.5 Å². The predicted molar refractivity (Wildman–Crippen MR) is 68.4 cm³/mol. The Morgan fingerprint density at radius 1 is 1.28 bits per heavy atom. The fourth-order valence-electron chi connectivity index (χ4n) is 1.43. The van der Waals surface area contributed by atoms with Gasteiger partial charge in [-0.1, -0.05) is 23.2 Å². The molecule has 0 saturated carbocycles. The normalized spacial score (nSPS) is 10.4. The van der Waals surface area contributed by atoms with Crippen molar-refractivity contribution in [2.75, 3.05) is 12.8 Å². The summed E-state index contributed by atoms with van der Waals surface area (Å²) in [6.45, 7) is 0. The van der Waals surface area contributed by atoms with Crippen molar-refractivity contribution in [2.45, 2.75) is 0 Å². The number of nitrogens with two attached hydrogens (primary N) is 1. The van der Waals surface area contributed by atoms with Crippen LogP contribution in [0.15, 0.2) is 18.5 Å². The van der Waals surface area contributed by atoms with Crippen molar-refractivity contribution in [2.24, 2.45) is 0 Å². The molecule has 0 fully saturated rings. The molecule has 0 aliphatic heterocycles. The van der Waals surface area contributed by atoms with Crippen LogP contribution in [0.4, 0.5) is 10.1 Å². The van der Waals surface area contributed by atoms with E-state index in [1.807, 2.05) is 0 Å². The summed E-state index contributed by atoms with van der Waals surface area (Å²) in [5.41, 5.74) is 6.21. The molecule has 2 rings (SSSR count). The number of halogens is 3. The van der Waals surface area contributed by atoms with Crippen LogP contribution >= 0.6 is 23.2 Å². The zero-order chi connectivity index (χ0) is 13.3. The van der Waals surface area contributed by atoms with E-state index in [4.69, 9.17) is 33.7 Å². The molecule has 0 radical (unpaired) electrons. The SMILES string of the molecule is COc1ncnc(-c2cc(N)c(Cl)cc2F)c1Cl. The van der Waals surface area contributed by atoms with Crippen LogP contribution in [-0.4, -0.2) is 17.1 Å². The maximum atomic E-state index is 13.8. The van der Waals surface area contributed by atoms with Crippen molar-refractivity contribution in [1.29, 1.82) is 0 Å². The summed E-state index contributed by atoms with van der Waals surface area (Å²) in [5.74, 6) is -0.411. The van der Waals surface area contributed by atoms with Gasteiger partial charge in [-0.05, 0) is 12.1 Å². The number of rotatable bonds is 2. The first kappa shape index (κ1) is 12.9. The van der Waals surface area contributed by atoms with Crippen LogP contribution in [0.1, 0.15) is 0 Å². The summed E-state index contributed by atoms with van der Waals surface area (Å²) in [5, 5.41) is 0.244. The summed E-state index contributed by atoms with van der Waals surface area (Å²) in [6.07, 6.45) is 1.23. The van der Waals surface area contributed by atoms with E-state index < -0.39 is 5.82 Å². The Bertz CT molecular complexity index is 607. The lowest BCUT2D eigenvalue weighted by atomic mass is 10.1. The number of nitrogen functional groups attached to an aromatic ring is 1. The van der Waals surface area contributed by atoms with E-state index in [0.717, 1.165) is 6.07 Å². The lowest BCUT2D eigenvalue weighted by Crippen LogP contribution is -1.97. The lowest BCUT2D eigenvalue weighted by Gasteiger charge is -2.09. The molecule has 0 atom stereocenters. The van der Waals surface area contributed by atoms with Gasteiger partial charge >= 0.3 is 0 Å². The minimum absolute atomic E-state index is 0.112. The summed E-state index contributed by atoms with van der Waals surface area (Å²) < 4.78 is 18.8. The van der Waals surface area contributed by atoms with Gasteiger partial charge in [-0.15, -0.1) is 0 Å². The largest absolute Gasteiger partial charge is 0.480 e. The highest BCUT2D eigenvalue weighted by Crippen LogP contribution is 2.35. The summed E-state index contributed by atoms with van der Waals surface area (Å²) in [7, 11) is 1.41. The van der Waals surface area contributed by atoms with Crippen LogP contribution in [0.3, 0.4) is 0 Å². The van der Waals surface area contributed by atoms with E-state index in [1.54, 1.807) is 0 Å². The summed E-state index contributed by atoms with van der Waals surface area (Å²) in [4.78, 5) is 7.73. The second-order valence-corrected chi connectivity index (χ2v) is 4.18. The Morgan fingerprint density at radius 2 is 2.00 bits per heavy atom. The Hall–Kier alpha value is -1.59. The number of methoxy groups -OCH3 is 1. The molecular formula is C11H8Cl2FN3O. The molecule has 1 heterocycles. The second kappa shape index (κ2) is 4.96. The molecule has 2 N–H and O–H groups in total. The van der Waals surface area contributed by atoms with E-state index in [2.05, 4.69) is 9.97 Å². The maximum absolute atomic E-state index is 13.8. The van der Waals surface area contributed by atoms with Gasteiger partial charge in [-0.25, -0.2) is 14.4 Å². The highest BCUT2D eigenvalue weighted by molar-refractivity contribution is 6.34. The van der Waals surface area contributed by atoms with Crippen molar-refractivity contribution < 1.29 is 9.13 Å². The number of benzene rings is 1. The number of anilines is 1. The highest BCUT2D eigenvalue weighted by Gasteiger charge is 2.16. The standard InChI is InChI=1S/C11H8Cl2FN3O/c1-18-11-9(13)10(16-4-17-11)5-2-8(15)6(12)3-7(5)14/h2-4H,15H2,1H3. The highest BCUT2D eigenvalue weighted by atomic mass is 35.5. The third-order valence-corrected chi connectivity index (χ3v) is 2.96. The number of hydrogen-bond acceptors (Lipinski definition) is 4. The molecule has 0 saturated heterocycles. The average molecular weight is 288 g/mol. The minimum Gasteiger partial charge on any atom is -0.480 e. The molecule has 7 heteroatoms. The molecule has 4 nitrogen and oxygen atoms in total. The van der Waals surface area contributed by atoms with Crippen molar-refractivity contribution in [3.63, 3.8) is 0 Å². The first-order valence-corrected chi connectivity index (χ1v) is 5.59. The number of hydrogen-bond donors (Lipinski definition) is 1. The van der Waals surface area contributed by atoms with Crippen LogP contribution in [0.5, 0.6) is 5.88 Å². The van der Waals surface area contributed by atoms with Crippen LogP contribution < -0.4 is 10.5 Å². The van der Waals surface area contributed by atoms with Gasteiger partial charge in [0.1, 0.15) is 17.2 Å². The Balaban J connectivity index is 2.66. The van der Waals surface area contributed by atoms with Gasteiger partial charge < -0.3 is 10.5 Å². The molecule has 0 aliphatic rings. The van der Waals surface area contributed by atoms with Gasteiger partial charge in [0.25, 0.3) is 0 Å². The van der Waals surface area contributed by atoms with E-state index in [9.17, 15) is 4.39 Å². The average Bonchev–Trinajstić information content (AvgIpc) is 2.34. The molecule has 2 aromatic rings. The van der Waals surface area contributed by atoms with E-state index in [1.165, 1.54) is 19.5 Å². The van der Waals surface area contributed by atoms with Crippen molar-refractivity contribution in [3.05, 3.63) is 34.3 Å². The molecule has 0 unspecified atom stereocenters. The second-order valence-electron chi connectivity index (χ2n) is 3.40. The fourth-order valence-corrected chi connectivity index (χ4v) is 1.86. The van der Waals surface area contributed by atoms with Crippen molar-refractivity contribution in [3.8, 4) is 17.1 Å². The van der Waals surface area contributed by atoms with Gasteiger partial charge in [0, 0.05) is 5.56 Å². The number of aromatic nitrogens is 2. The van der Waals surface area contributed by atoms with E-state index >= 15 is 0 Å². The summed E-state index contributed by atoms with van der Waals surface area (Å²) in [6, 6.07) is 2.47. The predicted octanol–water partition coefficient (Wildman–Crippen LogP) is 3.18. The Morgan fingerprint density at radius 3 is 2.67 bits per heavy atom. The Kier molecular flexibility index (Phi) is 3.54. The third kappa shape index (κ3) is 2.19. The molecule has 1 aromatic carbocycles. The third-order valence-electron chi connectivity index (χ3n) is 2.29. The van der Waals surface area contributed by atoms with Crippen molar-refractivity contribution >= 4 is 28.9 Å². The lowest BCUT2D eigenvalue weighted by molar-refractivity contribution is 0.397. The molecule has 0 spiro atoms. The van der Waals surface area contributed by atoms with Gasteiger partial charge in [-0.2, -0.15) is 0 Å². The zero-order valence-electron chi connectivity index (χ0n) is 9.25. The fraction of sp³-hybridized carbons (Fsp3) is 0.0909. The number of ether oxygens (including phenoxy) is 1. The van der Waals surface area contributed by atoms with E-state index in [0.29, 0.717) is 0 Å².